The Morgan fingerprint density at radius 2 is 1.86 bits per heavy atom. The molecular formula is C19H17NO. The van der Waals surface area contributed by atoms with Gasteiger partial charge in [-0.3, -0.25) is 9.78 Å². The predicted octanol–water partition coefficient (Wildman–Crippen LogP) is 4.28. The zero-order valence-corrected chi connectivity index (χ0v) is 12.3. The second kappa shape index (κ2) is 5.49. The van der Waals surface area contributed by atoms with Gasteiger partial charge in [0.1, 0.15) is 0 Å². The summed E-state index contributed by atoms with van der Waals surface area (Å²) in [4.78, 5) is 16.9. The van der Waals surface area contributed by atoms with Crippen molar-refractivity contribution in [3.63, 3.8) is 0 Å². The number of Topliss-reactive ketones (excluding diaryl/α,β-unsaturated/α-hetero) is 1. The second-order valence-corrected chi connectivity index (χ2v) is 5.45. The van der Waals surface area contributed by atoms with Crippen molar-refractivity contribution in [2.75, 3.05) is 0 Å². The van der Waals surface area contributed by atoms with E-state index in [0.29, 0.717) is 6.42 Å². The maximum Gasteiger partial charge on any atom is 0.167 e. The molecule has 3 aromatic rings. The van der Waals surface area contributed by atoms with Gasteiger partial charge < -0.3 is 0 Å². The van der Waals surface area contributed by atoms with E-state index in [1.807, 2.05) is 62.4 Å². The minimum absolute atomic E-state index is 0.142. The monoisotopic (exact) mass is 275 g/mol. The lowest BCUT2D eigenvalue weighted by Gasteiger charge is -2.05. The molecule has 0 saturated heterocycles. The molecule has 0 atom stereocenters. The number of benzene rings is 2. The highest BCUT2D eigenvalue weighted by molar-refractivity contribution is 6.00. The van der Waals surface area contributed by atoms with E-state index in [1.54, 1.807) is 0 Å². The van der Waals surface area contributed by atoms with E-state index in [1.165, 1.54) is 5.56 Å². The van der Waals surface area contributed by atoms with Crippen molar-refractivity contribution in [2.45, 2.75) is 20.3 Å². The lowest BCUT2D eigenvalue weighted by Crippen LogP contribution is -2.03. The Hall–Kier alpha value is -2.48. The molecule has 0 saturated carbocycles. The highest BCUT2D eigenvalue weighted by atomic mass is 16.1. The fraction of sp³-hybridized carbons (Fsp3) is 0.158. The van der Waals surface area contributed by atoms with Crippen LogP contribution < -0.4 is 0 Å². The third-order valence-electron chi connectivity index (χ3n) is 3.60. The molecule has 2 heteroatoms. The van der Waals surface area contributed by atoms with Crippen LogP contribution in [0.2, 0.25) is 0 Å². The first-order valence-electron chi connectivity index (χ1n) is 7.08. The molecule has 104 valence electrons. The molecule has 0 aliphatic carbocycles. The Morgan fingerprint density at radius 3 is 2.67 bits per heavy atom. The third-order valence-corrected chi connectivity index (χ3v) is 3.60. The summed E-state index contributed by atoms with van der Waals surface area (Å²) in [7, 11) is 0. The smallest absolute Gasteiger partial charge is 0.167 e. The van der Waals surface area contributed by atoms with Gasteiger partial charge in [-0.2, -0.15) is 0 Å². The third kappa shape index (κ3) is 3.00. The zero-order chi connectivity index (χ0) is 14.8. The molecule has 0 amide bonds. The normalized spacial score (nSPS) is 10.8. The van der Waals surface area contributed by atoms with Crippen LogP contribution in [-0.2, 0) is 6.42 Å². The Bertz CT molecular complexity index is 821. The first kappa shape index (κ1) is 13.5. The molecule has 0 radical (unpaired) electrons. The van der Waals surface area contributed by atoms with Crippen LogP contribution in [0.15, 0.2) is 54.6 Å². The predicted molar refractivity (Wildman–Crippen MR) is 85.7 cm³/mol. The van der Waals surface area contributed by atoms with Crippen LogP contribution in [-0.4, -0.2) is 10.8 Å². The number of fused-ring (bicyclic) bond motifs is 1. The number of aromatic nitrogens is 1. The van der Waals surface area contributed by atoms with Crippen molar-refractivity contribution in [2.24, 2.45) is 0 Å². The molecule has 2 aromatic carbocycles. The fourth-order valence-electron chi connectivity index (χ4n) is 2.51. The van der Waals surface area contributed by atoms with Gasteiger partial charge in [0.2, 0.25) is 0 Å². The molecule has 1 heterocycles. The van der Waals surface area contributed by atoms with Crippen LogP contribution in [0.5, 0.6) is 0 Å². The van der Waals surface area contributed by atoms with E-state index < -0.39 is 0 Å². The van der Waals surface area contributed by atoms with E-state index in [-0.39, 0.29) is 5.78 Å². The minimum Gasteiger partial charge on any atom is -0.294 e. The molecule has 2 nitrogen and oxygen atoms in total. The average Bonchev–Trinajstić information content (AvgIpc) is 2.46. The highest BCUT2D eigenvalue weighted by Gasteiger charge is 2.08. The molecule has 21 heavy (non-hydrogen) atoms. The van der Waals surface area contributed by atoms with Crippen LogP contribution in [0.25, 0.3) is 10.9 Å². The first-order chi connectivity index (χ1) is 10.1. The number of aryl methyl sites for hydroxylation is 2. The lowest BCUT2D eigenvalue weighted by molar-refractivity contribution is 0.0993. The van der Waals surface area contributed by atoms with Gasteiger partial charge in [0, 0.05) is 23.1 Å². The fourth-order valence-corrected chi connectivity index (χ4v) is 2.51. The molecular weight excluding hydrogens is 258 g/mol. The Labute approximate surface area is 124 Å². The summed E-state index contributed by atoms with van der Waals surface area (Å²) >= 11 is 0. The average molecular weight is 275 g/mol. The van der Waals surface area contributed by atoms with E-state index >= 15 is 0 Å². The van der Waals surface area contributed by atoms with Crippen LogP contribution in [0, 0.1) is 13.8 Å². The Balaban J connectivity index is 1.89. The SMILES string of the molecule is Cc1cccc(CC(=O)c2ccc3nc(C)ccc3c2)c1. The van der Waals surface area contributed by atoms with Gasteiger partial charge in [-0.15, -0.1) is 0 Å². The van der Waals surface area contributed by atoms with Crippen molar-refractivity contribution < 1.29 is 4.79 Å². The van der Waals surface area contributed by atoms with Crippen LogP contribution in [0.1, 0.15) is 27.2 Å². The summed E-state index contributed by atoms with van der Waals surface area (Å²) in [6.45, 7) is 4.01. The van der Waals surface area contributed by atoms with Gasteiger partial charge in [0.05, 0.1) is 5.52 Å². The molecule has 1 aromatic heterocycles. The van der Waals surface area contributed by atoms with Crippen LogP contribution in [0.4, 0.5) is 0 Å². The summed E-state index contributed by atoms with van der Waals surface area (Å²) in [6.07, 6.45) is 0.437. The number of ketones is 1. The van der Waals surface area contributed by atoms with E-state index in [4.69, 9.17) is 0 Å². The van der Waals surface area contributed by atoms with Gasteiger partial charge in [-0.1, -0.05) is 35.9 Å². The quantitative estimate of drug-likeness (QED) is 0.668. The molecule has 3 rings (SSSR count). The highest BCUT2D eigenvalue weighted by Crippen LogP contribution is 2.17. The summed E-state index contributed by atoms with van der Waals surface area (Å²) in [5.74, 6) is 0.142. The number of hydrogen-bond donors (Lipinski definition) is 0. The topological polar surface area (TPSA) is 30.0 Å². The number of hydrogen-bond acceptors (Lipinski definition) is 2. The number of carbonyl (C=O) groups is 1. The number of nitrogens with zero attached hydrogens (tertiary/aromatic N) is 1. The first-order valence-corrected chi connectivity index (χ1v) is 7.08. The van der Waals surface area contributed by atoms with Crippen molar-refractivity contribution >= 4 is 16.7 Å². The van der Waals surface area contributed by atoms with Crippen LogP contribution >= 0.6 is 0 Å². The van der Waals surface area contributed by atoms with E-state index in [9.17, 15) is 4.79 Å². The molecule has 0 bridgehead atoms. The lowest BCUT2D eigenvalue weighted by atomic mass is 10.0. The van der Waals surface area contributed by atoms with E-state index in [0.717, 1.165) is 27.7 Å². The van der Waals surface area contributed by atoms with Gasteiger partial charge in [-0.05, 0) is 43.7 Å². The van der Waals surface area contributed by atoms with Crippen molar-refractivity contribution in [3.05, 3.63) is 77.0 Å². The van der Waals surface area contributed by atoms with Gasteiger partial charge >= 0.3 is 0 Å². The maximum absolute atomic E-state index is 12.4. The number of carbonyl (C=O) groups excluding carboxylic acids is 1. The largest absolute Gasteiger partial charge is 0.294 e. The Kier molecular flexibility index (Phi) is 3.53. The number of pyridine rings is 1. The maximum atomic E-state index is 12.4. The molecule has 0 unspecified atom stereocenters. The molecule has 0 aliphatic heterocycles. The summed E-state index contributed by atoms with van der Waals surface area (Å²) in [6, 6.07) is 17.8. The van der Waals surface area contributed by atoms with Gasteiger partial charge in [-0.25, -0.2) is 0 Å². The van der Waals surface area contributed by atoms with Gasteiger partial charge in [0.25, 0.3) is 0 Å². The van der Waals surface area contributed by atoms with Crippen LogP contribution in [0.3, 0.4) is 0 Å². The van der Waals surface area contributed by atoms with E-state index in [2.05, 4.69) is 11.1 Å². The Morgan fingerprint density at radius 1 is 1.00 bits per heavy atom. The van der Waals surface area contributed by atoms with Crippen molar-refractivity contribution in [1.29, 1.82) is 0 Å². The standard InChI is InChI=1S/C19H17NO/c1-13-4-3-5-15(10-13)11-19(21)17-8-9-18-16(12-17)7-6-14(2)20-18/h3-10,12H,11H2,1-2H3. The molecule has 0 N–H and O–H groups in total. The summed E-state index contributed by atoms with van der Waals surface area (Å²) < 4.78 is 0. The zero-order valence-electron chi connectivity index (χ0n) is 12.3. The minimum atomic E-state index is 0.142. The molecule has 0 aliphatic rings. The van der Waals surface area contributed by atoms with Crippen molar-refractivity contribution in [1.82, 2.24) is 4.98 Å². The molecule has 0 spiro atoms. The summed E-state index contributed by atoms with van der Waals surface area (Å²) in [5, 5.41) is 1.01. The number of rotatable bonds is 3. The second-order valence-electron chi connectivity index (χ2n) is 5.45. The van der Waals surface area contributed by atoms with Crippen molar-refractivity contribution in [3.8, 4) is 0 Å². The van der Waals surface area contributed by atoms with Gasteiger partial charge in [0.15, 0.2) is 5.78 Å². The summed E-state index contributed by atoms with van der Waals surface area (Å²) in [5.41, 5.74) is 4.90. The molecule has 0 fully saturated rings.